The second kappa shape index (κ2) is 4.53. The number of hydrogen-bond donors (Lipinski definition) is 1. The number of alkyl halides is 1. The quantitative estimate of drug-likeness (QED) is 0.862. The van der Waals surface area contributed by atoms with Crippen LogP contribution in [0, 0.1) is 0 Å². The van der Waals surface area contributed by atoms with Crippen LogP contribution in [0.1, 0.15) is 32.9 Å². The highest BCUT2D eigenvalue weighted by molar-refractivity contribution is 6.33. The van der Waals surface area contributed by atoms with Crippen molar-refractivity contribution >= 4 is 28.7 Å². The van der Waals surface area contributed by atoms with Gasteiger partial charge in [-0.2, -0.15) is 9.97 Å². The second-order valence-corrected chi connectivity index (χ2v) is 5.56. The highest BCUT2D eigenvalue weighted by Gasteiger charge is 2.46. The molecule has 0 radical (unpaired) electrons. The molecule has 0 amide bonds. The van der Waals surface area contributed by atoms with Gasteiger partial charge in [0.15, 0.2) is 22.7 Å². The largest absolute Gasteiger partial charge is 0.368 e. The van der Waals surface area contributed by atoms with Crippen molar-refractivity contribution < 1.29 is 9.13 Å². The van der Waals surface area contributed by atoms with E-state index in [0.29, 0.717) is 17.6 Å². The molecular formula is C12H15ClFN5O. The van der Waals surface area contributed by atoms with E-state index >= 15 is 0 Å². The molecule has 0 aliphatic carbocycles. The molecule has 0 spiro atoms. The SMILES string of the molecule is CCC1C[C@@](C)(F)C(n2cnc3c(Cl)nc(N)nc32)O1. The molecule has 1 fully saturated rings. The van der Waals surface area contributed by atoms with Crippen LogP contribution < -0.4 is 5.73 Å². The minimum Gasteiger partial charge on any atom is -0.368 e. The Balaban J connectivity index is 2.11. The Morgan fingerprint density at radius 3 is 3.00 bits per heavy atom. The molecule has 2 unspecified atom stereocenters. The van der Waals surface area contributed by atoms with Gasteiger partial charge in [-0.25, -0.2) is 9.37 Å². The highest BCUT2D eigenvalue weighted by Crippen LogP contribution is 2.43. The molecule has 2 aromatic heterocycles. The number of nitrogens with zero attached hydrogens (tertiary/aromatic N) is 4. The summed E-state index contributed by atoms with van der Waals surface area (Å²) in [6, 6.07) is 0. The van der Waals surface area contributed by atoms with Crippen LogP contribution in [0.25, 0.3) is 11.2 Å². The van der Waals surface area contributed by atoms with E-state index < -0.39 is 11.9 Å². The monoisotopic (exact) mass is 299 g/mol. The molecular weight excluding hydrogens is 285 g/mol. The summed E-state index contributed by atoms with van der Waals surface area (Å²) in [5, 5.41) is 0.150. The third-order valence-electron chi connectivity index (χ3n) is 3.57. The molecule has 1 aliphatic heterocycles. The zero-order valence-corrected chi connectivity index (χ0v) is 11.9. The number of fused-ring (bicyclic) bond motifs is 1. The molecule has 2 N–H and O–H groups in total. The van der Waals surface area contributed by atoms with Crippen molar-refractivity contribution in [2.45, 2.75) is 44.7 Å². The highest BCUT2D eigenvalue weighted by atomic mass is 35.5. The number of imidazole rings is 1. The summed E-state index contributed by atoms with van der Waals surface area (Å²) in [5.74, 6) is 0.0230. The predicted octanol–water partition coefficient (Wildman–Crippen LogP) is 2.49. The van der Waals surface area contributed by atoms with Crippen LogP contribution >= 0.6 is 11.6 Å². The zero-order valence-electron chi connectivity index (χ0n) is 11.2. The average Bonchev–Trinajstić information content (AvgIpc) is 2.89. The first kappa shape index (κ1) is 13.5. The van der Waals surface area contributed by atoms with E-state index in [1.165, 1.54) is 17.8 Å². The zero-order chi connectivity index (χ0) is 14.5. The van der Waals surface area contributed by atoms with E-state index in [4.69, 9.17) is 22.1 Å². The first-order valence-corrected chi connectivity index (χ1v) is 6.80. The Morgan fingerprint density at radius 2 is 2.35 bits per heavy atom. The molecule has 6 nitrogen and oxygen atoms in total. The fourth-order valence-electron chi connectivity index (χ4n) is 2.58. The van der Waals surface area contributed by atoms with Crippen LogP contribution in [0.15, 0.2) is 6.33 Å². The lowest BCUT2D eigenvalue weighted by Gasteiger charge is -2.22. The fourth-order valence-corrected chi connectivity index (χ4v) is 2.80. The number of aromatic nitrogens is 4. The molecule has 3 rings (SSSR count). The molecule has 3 atom stereocenters. The van der Waals surface area contributed by atoms with Crippen LogP contribution in [-0.4, -0.2) is 31.3 Å². The minimum atomic E-state index is -1.50. The summed E-state index contributed by atoms with van der Waals surface area (Å²) in [7, 11) is 0. The molecule has 2 aromatic rings. The maximum absolute atomic E-state index is 14.7. The van der Waals surface area contributed by atoms with Gasteiger partial charge in [0.2, 0.25) is 5.95 Å². The summed E-state index contributed by atoms with van der Waals surface area (Å²) >= 11 is 5.97. The molecule has 1 saturated heterocycles. The van der Waals surface area contributed by atoms with Gasteiger partial charge in [0.1, 0.15) is 5.52 Å². The van der Waals surface area contributed by atoms with Crippen LogP contribution in [0.2, 0.25) is 5.15 Å². The lowest BCUT2D eigenvalue weighted by Crippen LogP contribution is -2.27. The van der Waals surface area contributed by atoms with Gasteiger partial charge in [0, 0.05) is 6.42 Å². The van der Waals surface area contributed by atoms with E-state index in [0.717, 1.165) is 6.42 Å². The minimum absolute atomic E-state index is 0.0230. The summed E-state index contributed by atoms with van der Waals surface area (Å²) in [4.78, 5) is 12.0. The van der Waals surface area contributed by atoms with Crippen molar-refractivity contribution in [1.29, 1.82) is 0 Å². The topological polar surface area (TPSA) is 78.9 Å². The van der Waals surface area contributed by atoms with Crippen molar-refractivity contribution in [3.8, 4) is 0 Å². The average molecular weight is 300 g/mol. The molecule has 0 aromatic carbocycles. The number of anilines is 1. The normalized spacial score (nSPS) is 30.2. The van der Waals surface area contributed by atoms with Crippen molar-refractivity contribution in [2.24, 2.45) is 0 Å². The first-order chi connectivity index (χ1) is 9.42. The maximum atomic E-state index is 14.7. The van der Waals surface area contributed by atoms with E-state index in [1.807, 2.05) is 6.92 Å². The summed E-state index contributed by atoms with van der Waals surface area (Å²) in [5.41, 5.74) is 4.86. The lowest BCUT2D eigenvalue weighted by molar-refractivity contribution is -0.0449. The van der Waals surface area contributed by atoms with E-state index in [-0.39, 0.29) is 17.2 Å². The predicted molar refractivity (Wildman–Crippen MR) is 73.1 cm³/mol. The first-order valence-electron chi connectivity index (χ1n) is 6.42. The third kappa shape index (κ3) is 2.01. The van der Waals surface area contributed by atoms with E-state index in [1.54, 1.807) is 0 Å². The van der Waals surface area contributed by atoms with Crippen LogP contribution in [-0.2, 0) is 4.74 Å². The summed E-state index contributed by atoms with van der Waals surface area (Å²) < 4.78 is 22.0. The second-order valence-electron chi connectivity index (χ2n) is 5.20. The number of halogens is 2. The van der Waals surface area contributed by atoms with Gasteiger partial charge in [-0.05, 0) is 13.3 Å². The van der Waals surface area contributed by atoms with Crippen LogP contribution in [0.4, 0.5) is 10.3 Å². The molecule has 1 aliphatic rings. The van der Waals surface area contributed by atoms with E-state index in [9.17, 15) is 4.39 Å². The smallest absolute Gasteiger partial charge is 0.223 e. The lowest BCUT2D eigenvalue weighted by atomic mass is 10.0. The van der Waals surface area contributed by atoms with Gasteiger partial charge in [-0.1, -0.05) is 18.5 Å². The van der Waals surface area contributed by atoms with Crippen LogP contribution in [0.5, 0.6) is 0 Å². The van der Waals surface area contributed by atoms with Gasteiger partial charge in [0.25, 0.3) is 0 Å². The summed E-state index contributed by atoms with van der Waals surface area (Å²) in [6.07, 6.45) is 1.64. The van der Waals surface area contributed by atoms with Gasteiger partial charge in [-0.3, -0.25) is 4.57 Å². The van der Waals surface area contributed by atoms with Crippen molar-refractivity contribution in [1.82, 2.24) is 19.5 Å². The Morgan fingerprint density at radius 1 is 1.60 bits per heavy atom. The molecule has 0 saturated carbocycles. The third-order valence-corrected chi connectivity index (χ3v) is 3.83. The van der Waals surface area contributed by atoms with E-state index in [2.05, 4.69) is 15.0 Å². The maximum Gasteiger partial charge on any atom is 0.223 e. The Bertz CT molecular complexity index is 659. The summed E-state index contributed by atoms with van der Waals surface area (Å²) in [6.45, 7) is 3.48. The molecule has 3 heterocycles. The Hall–Kier alpha value is -1.47. The number of nitrogens with two attached hydrogens (primary N) is 1. The van der Waals surface area contributed by atoms with Gasteiger partial charge in [-0.15, -0.1) is 0 Å². The standard InChI is InChI=1S/C12H15ClFN5O/c1-3-6-4-12(2,14)10(20-6)19-5-16-7-8(13)17-11(15)18-9(7)19/h5-6,10H,3-4H2,1-2H3,(H2,15,17,18)/t6?,10?,12-/m1/s1. The van der Waals surface area contributed by atoms with Crippen molar-refractivity contribution in [3.05, 3.63) is 11.5 Å². The number of ether oxygens (including phenoxy) is 1. The molecule has 108 valence electrons. The Kier molecular flexibility index (Phi) is 3.06. The van der Waals surface area contributed by atoms with Crippen LogP contribution in [0.3, 0.4) is 0 Å². The number of nitrogen functional groups attached to an aromatic ring is 1. The van der Waals surface area contributed by atoms with Crippen molar-refractivity contribution in [2.75, 3.05) is 5.73 Å². The number of hydrogen-bond acceptors (Lipinski definition) is 5. The van der Waals surface area contributed by atoms with Gasteiger partial charge in [0.05, 0.1) is 12.4 Å². The van der Waals surface area contributed by atoms with Gasteiger partial charge >= 0.3 is 0 Å². The Labute approximate surface area is 120 Å². The van der Waals surface area contributed by atoms with Crippen molar-refractivity contribution in [3.63, 3.8) is 0 Å². The van der Waals surface area contributed by atoms with Gasteiger partial charge < -0.3 is 10.5 Å². The molecule has 8 heteroatoms. The molecule has 20 heavy (non-hydrogen) atoms. The fraction of sp³-hybridized carbons (Fsp3) is 0.583. The number of rotatable bonds is 2. The molecule has 0 bridgehead atoms.